The van der Waals surface area contributed by atoms with Crippen LogP contribution in [0, 0.1) is 0 Å². The van der Waals surface area contributed by atoms with Crippen molar-refractivity contribution >= 4 is 5.69 Å². The maximum Gasteiger partial charge on any atom is 0.0951 e. The largest absolute Gasteiger partial charge is 0.379 e. The first-order valence-corrected chi connectivity index (χ1v) is 4.74. The standard InChI is InChI=1S/C11H11N3/c1-2-4-11-9(3-1)7-14-8-12-5-10(14)6-13-11/h1-5,8,13H,6-7H2. The van der Waals surface area contributed by atoms with Gasteiger partial charge in [-0.3, -0.25) is 0 Å². The van der Waals surface area contributed by atoms with Crippen LogP contribution >= 0.6 is 0 Å². The molecule has 0 saturated carbocycles. The number of imidazole rings is 1. The lowest BCUT2D eigenvalue weighted by Gasteiger charge is -2.05. The minimum atomic E-state index is 0.858. The molecular weight excluding hydrogens is 174 g/mol. The Morgan fingerprint density at radius 1 is 1.29 bits per heavy atom. The lowest BCUT2D eigenvalue weighted by molar-refractivity contribution is 0.767. The highest BCUT2D eigenvalue weighted by Crippen LogP contribution is 2.21. The van der Waals surface area contributed by atoms with Gasteiger partial charge in [0.15, 0.2) is 0 Å². The third-order valence-electron chi connectivity index (χ3n) is 2.62. The zero-order valence-electron chi connectivity index (χ0n) is 7.77. The number of hydrogen-bond donors (Lipinski definition) is 1. The van der Waals surface area contributed by atoms with Gasteiger partial charge in [-0.15, -0.1) is 0 Å². The predicted octanol–water partition coefficient (Wildman–Crippen LogP) is 1.86. The van der Waals surface area contributed by atoms with Crippen LogP contribution in [-0.4, -0.2) is 9.55 Å². The van der Waals surface area contributed by atoms with E-state index in [1.807, 2.05) is 12.5 Å². The fourth-order valence-electron chi connectivity index (χ4n) is 1.84. The molecule has 0 spiro atoms. The third kappa shape index (κ3) is 1.09. The summed E-state index contributed by atoms with van der Waals surface area (Å²) in [6.07, 6.45) is 3.80. The van der Waals surface area contributed by atoms with Crippen LogP contribution in [-0.2, 0) is 13.1 Å². The summed E-state index contributed by atoms with van der Waals surface area (Å²) in [4.78, 5) is 4.14. The first-order chi connectivity index (χ1) is 6.93. The molecule has 0 atom stereocenters. The molecule has 0 fully saturated rings. The van der Waals surface area contributed by atoms with Crippen molar-refractivity contribution in [1.29, 1.82) is 0 Å². The molecule has 0 bridgehead atoms. The number of nitrogens with one attached hydrogen (secondary N) is 1. The minimum absolute atomic E-state index is 0.858. The van der Waals surface area contributed by atoms with E-state index in [9.17, 15) is 0 Å². The van der Waals surface area contributed by atoms with Gasteiger partial charge in [-0.25, -0.2) is 4.98 Å². The Hall–Kier alpha value is -1.77. The zero-order valence-corrected chi connectivity index (χ0v) is 7.77. The van der Waals surface area contributed by atoms with E-state index in [0.29, 0.717) is 0 Å². The van der Waals surface area contributed by atoms with Gasteiger partial charge in [-0.05, 0) is 11.6 Å². The first-order valence-electron chi connectivity index (χ1n) is 4.74. The minimum Gasteiger partial charge on any atom is -0.379 e. The van der Waals surface area contributed by atoms with Crippen molar-refractivity contribution in [3.63, 3.8) is 0 Å². The summed E-state index contributed by atoms with van der Waals surface area (Å²) in [5.74, 6) is 0. The summed E-state index contributed by atoms with van der Waals surface area (Å²) in [5.41, 5.74) is 3.79. The van der Waals surface area contributed by atoms with E-state index < -0.39 is 0 Å². The zero-order chi connectivity index (χ0) is 9.38. The summed E-state index contributed by atoms with van der Waals surface area (Å²) < 4.78 is 2.18. The summed E-state index contributed by atoms with van der Waals surface area (Å²) in [5, 5.41) is 3.41. The maximum atomic E-state index is 4.14. The van der Waals surface area contributed by atoms with Gasteiger partial charge in [0.2, 0.25) is 0 Å². The van der Waals surface area contributed by atoms with Crippen LogP contribution in [0.5, 0.6) is 0 Å². The highest BCUT2D eigenvalue weighted by atomic mass is 15.1. The maximum absolute atomic E-state index is 4.14. The SMILES string of the molecule is c1ccc2c(c1)Cn1cncc1CN2. The molecule has 3 heteroatoms. The van der Waals surface area contributed by atoms with Crippen LogP contribution in [0.25, 0.3) is 0 Å². The molecule has 0 saturated heterocycles. The topological polar surface area (TPSA) is 29.9 Å². The van der Waals surface area contributed by atoms with E-state index >= 15 is 0 Å². The molecule has 0 amide bonds. The second kappa shape index (κ2) is 2.87. The summed E-state index contributed by atoms with van der Waals surface area (Å²) in [7, 11) is 0. The van der Waals surface area contributed by atoms with Crippen LogP contribution in [0.1, 0.15) is 11.3 Å². The molecule has 0 radical (unpaired) electrons. The predicted molar refractivity (Wildman–Crippen MR) is 55.1 cm³/mol. The molecule has 70 valence electrons. The van der Waals surface area contributed by atoms with E-state index in [-0.39, 0.29) is 0 Å². The molecule has 1 aromatic carbocycles. The Morgan fingerprint density at radius 3 is 3.21 bits per heavy atom. The first kappa shape index (κ1) is 7.62. The molecule has 3 nitrogen and oxygen atoms in total. The van der Waals surface area contributed by atoms with Gasteiger partial charge in [0.25, 0.3) is 0 Å². The van der Waals surface area contributed by atoms with E-state index in [0.717, 1.165) is 13.1 Å². The second-order valence-electron chi connectivity index (χ2n) is 3.52. The summed E-state index contributed by atoms with van der Waals surface area (Å²) >= 11 is 0. The van der Waals surface area contributed by atoms with Crippen molar-refractivity contribution in [2.24, 2.45) is 0 Å². The molecule has 1 aliphatic heterocycles. The molecule has 0 aliphatic carbocycles. The van der Waals surface area contributed by atoms with Gasteiger partial charge >= 0.3 is 0 Å². The van der Waals surface area contributed by atoms with Crippen molar-refractivity contribution < 1.29 is 0 Å². The number of aromatic nitrogens is 2. The van der Waals surface area contributed by atoms with Gasteiger partial charge in [-0.2, -0.15) is 0 Å². The molecule has 2 aromatic rings. The monoisotopic (exact) mass is 185 g/mol. The molecule has 2 heterocycles. The summed E-state index contributed by atoms with van der Waals surface area (Å²) in [6, 6.07) is 8.40. The second-order valence-corrected chi connectivity index (χ2v) is 3.52. The normalized spacial score (nSPS) is 13.7. The van der Waals surface area contributed by atoms with Crippen LogP contribution in [0.15, 0.2) is 36.8 Å². The van der Waals surface area contributed by atoms with E-state index in [1.54, 1.807) is 0 Å². The van der Waals surface area contributed by atoms with E-state index in [2.05, 4.69) is 39.1 Å². The Balaban J connectivity index is 2.10. The highest BCUT2D eigenvalue weighted by molar-refractivity contribution is 5.52. The van der Waals surface area contributed by atoms with Gasteiger partial charge < -0.3 is 9.88 Å². The van der Waals surface area contributed by atoms with Crippen molar-refractivity contribution in [2.45, 2.75) is 13.1 Å². The van der Waals surface area contributed by atoms with Crippen molar-refractivity contribution in [3.8, 4) is 0 Å². The Bertz CT molecular complexity index is 459. The molecule has 14 heavy (non-hydrogen) atoms. The molecule has 1 aromatic heterocycles. The van der Waals surface area contributed by atoms with Crippen molar-refractivity contribution in [1.82, 2.24) is 9.55 Å². The van der Waals surface area contributed by atoms with Gasteiger partial charge in [0, 0.05) is 11.9 Å². The van der Waals surface area contributed by atoms with Gasteiger partial charge in [0.05, 0.1) is 25.1 Å². The number of benzene rings is 1. The fraction of sp³-hybridized carbons (Fsp3) is 0.182. The van der Waals surface area contributed by atoms with Crippen LogP contribution in [0.4, 0.5) is 5.69 Å². The number of hydrogen-bond acceptors (Lipinski definition) is 2. The number of anilines is 1. The Labute approximate surface area is 82.4 Å². The lowest BCUT2D eigenvalue weighted by atomic mass is 10.2. The molecule has 0 unspecified atom stereocenters. The molecule has 1 N–H and O–H groups in total. The van der Waals surface area contributed by atoms with Crippen molar-refractivity contribution in [2.75, 3.05) is 5.32 Å². The third-order valence-corrected chi connectivity index (χ3v) is 2.62. The Kier molecular flexibility index (Phi) is 1.56. The van der Waals surface area contributed by atoms with Gasteiger partial charge in [0.1, 0.15) is 0 Å². The molecule has 1 aliphatic rings. The number of fused-ring (bicyclic) bond motifs is 2. The molecular formula is C11H11N3. The van der Waals surface area contributed by atoms with Gasteiger partial charge in [-0.1, -0.05) is 18.2 Å². The van der Waals surface area contributed by atoms with E-state index in [4.69, 9.17) is 0 Å². The van der Waals surface area contributed by atoms with E-state index in [1.165, 1.54) is 16.9 Å². The fourth-order valence-corrected chi connectivity index (χ4v) is 1.84. The average molecular weight is 185 g/mol. The lowest BCUT2D eigenvalue weighted by Crippen LogP contribution is -2.00. The van der Waals surface area contributed by atoms with Crippen LogP contribution < -0.4 is 5.32 Å². The highest BCUT2D eigenvalue weighted by Gasteiger charge is 2.10. The number of rotatable bonds is 0. The van der Waals surface area contributed by atoms with Crippen molar-refractivity contribution in [3.05, 3.63) is 48.0 Å². The number of para-hydroxylation sites is 1. The van der Waals surface area contributed by atoms with Crippen LogP contribution in [0.2, 0.25) is 0 Å². The number of nitrogens with zero attached hydrogens (tertiary/aromatic N) is 2. The average Bonchev–Trinajstić information content (AvgIpc) is 2.58. The molecule has 3 rings (SSSR count). The summed E-state index contributed by atoms with van der Waals surface area (Å²) in [6.45, 7) is 1.77. The van der Waals surface area contributed by atoms with Crippen LogP contribution in [0.3, 0.4) is 0 Å². The smallest absolute Gasteiger partial charge is 0.0951 e. The quantitative estimate of drug-likeness (QED) is 0.679. The Morgan fingerprint density at radius 2 is 2.21 bits per heavy atom.